The van der Waals surface area contributed by atoms with Gasteiger partial charge in [-0.2, -0.15) is 0 Å². The van der Waals surface area contributed by atoms with E-state index in [0.29, 0.717) is 0 Å². The third kappa shape index (κ3) is 4.81. The van der Waals surface area contributed by atoms with Gasteiger partial charge in [0, 0.05) is 31.8 Å². The van der Waals surface area contributed by atoms with E-state index in [0.717, 1.165) is 25.7 Å². The van der Waals surface area contributed by atoms with Crippen LogP contribution in [-0.4, -0.2) is 36.7 Å². The van der Waals surface area contributed by atoms with Gasteiger partial charge in [-0.25, -0.2) is 0 Å². The van der Waals surface area contributed by atoms with Crippen LogP contribution in [0.15, 0.2) is 0 Å². The van der Waals surface area contributed by atoms with E-state index in [-0.39, 0.29) is 5.54 Å². The zero-order valence-electron chi connectivity index (χ0n) is 11.3. The van der Waals surface area contributed by atoms with Crippen LogP contribution in [-0.2, 0) is 0 Å². The van der Waals surface area contributed by atoms with Crippen LogP contribution in [0.2, 0.25) is 0 Å². The van der Waals surface area contributed by atoms with Gasteiger partial charge in [0.2, 0.25) is 0 Å². The number of rotatable bonds is 6. The largest absolute Gasteiger partial charge is 0.323 e. The highest BCUT2D eigenvalue weighted by Crippen LogP contribution is 2.16. The minimum atomic E-state index is -0.0543. The SMILES string of the molecule is CCCCC(CC)CN1CNCC(C)(N)C1. The van der Waals surface area contributed by atoms with Crippen LogP contribution in [0.1, 0.15) is 46.5 Å². The second-order valence-electron chi connectivity index (χ2n) is 5.67. The first-order chi connectivity index (χ1) is 7.57. The number of nitrogens with one attached hydrogen (secondary N) is 1. The van der Waals surface area contributed by atoms with Gasteiger partial charge >= 0.3 is 0 Å². The smallest absolute Gasteiger partial charge is 0.0481 e. The van der Waals surface area contributed by atoms with Gasteiger partial charge in [0.25, 0.3) is 0 Å². The van der Waals surface area contributed by atoms with Crippen molar-refractivity contribution in [2.24, 2.45) is 11.7 Å². The Morgan fingerprint density at radius 3 is 2.75 bits per heavy atom. The molecule has 0 spiro atoms. The molecular weight excluding hydrogens is 198 g/mol. The topological polar surface area (TPSA) is 41.3 Å². The molecule has 0 bridgehead atoms. The molecule has 1 heterocycles. The van der Waals surface area contributed by atoms with E-state index in [1.807, 2.05) is 0 Å². The van der Waals surface area contributed by atoms with Crippen molar-refractivity contribution in [1.29, 1.82) is 0 Å². The van der Waals surface area contributed by atoms with E-state index in [9.17, 15) is 0 Å². The summed E-state index contributed by atoms with van der Waals surface area (Å²) in [5.74, 6) is 0.843. The van der Waals surface area contributed by atoms with Crippen molar-refractivity contribution in [3.63, 3.8) is 0 Å². The summed E-state index contributed by atoms with van der Waals surface area (Å²) in [5, 5.41) is 3.41. The van der Waals surface area contributed by atoms with Crippen LogP contribution in [0.3, 0.4) is 0 Å². The molecule has 1 aliphatic heterocycles. The van der Waals surface area contributed by atoms with Crippen molar-refractivity contribution in [1.82, 2.24) is 10.2 Å². The fraction of sp³-hybridized carbons (Fsp3) is 1.00. The Balaban J connectivity index is 2.33. The first kappa shape index (κ1) is 13.9. The van der Waals surface area contributed by atoms with Gasteiger partial charge in [0.05, 0.1) is 0 Å². The summed E-state index contributed by atoms with van der Waals surface area (Å²) in [5.41, 5.74) is 6.13. The first-order valence-electron chi connectivity index (χ1n) is 6.79. The highest BCUT2D eigenvalue weighted by Gasteiger charge is 2.27. The van der Waals surface area contributed by atoms with E-state index in [1.165, 1.54) is 32.2 Å². The lowest BCUT2D eigenvalue weighted by Crippen LogP contribution is -2.61. The summed E-state index contributed by atoms with van der Waals surface area (Å²) in [6.45, 7) is 10.9. The number of unbranched alkanes of at least 4 members (excludes halogenated alkanes) is 1. The number of nitrogens with two attached hydrogens (primary N) is 1. The van der Waals surface area contributed by atoms with E-state index in [2.05, 4.69) is 31.0 Å². The maximum atomic E-state index is 6.18. The van der Waals surface area contributed by atoms with Gasteiger partial charge in [0.1, 0.15) is 0 Å². The Morgan fingerprint density at radius 2 is 2.19 bits per heavy atom. The third-order valence-electron chi connectivity index (χ3n) is 3.51. The van der Waals surface area contributed by atoms with Crippen LogP contribution < -0.4 is 11.1 Å². The summed E-state index contributed by atoms with van der Waals surface area (Å²) >= 11 is 0. The van der Waals surface area contributed by atoms with Gasteiger partial charge in [-0.3, -0.25) is 4.90 Å². The molecule has 0 radical (unpaired) electrons. The lowest BCUT2D eigenvalue weighted by molar-refractivity contribution is 0.128. The van der Waals surface area contributed by atoms with Crippen LogP contribution in [0.5, 0.6) is 0 Å². The van der Waals surface area contributed by atoms with E-state index in [1.54, 1.807) is 0 Å². The molecule has 1 aliphatic rings. The number of hydrogen-bond donors (Lipinski definition) is 2. The average Bonchev–Trinajstić information content (AvgIpc) is 2.22. The standard InChI is InChI=1S/C13H29N3/c1-4-6-7-12(5-2)8-16-10-13(3,14)9-15-11-16/h12,15H,4-11,14H2,1-3H3. The Kier molecular flexibility index (Phi) is 5.73. The Morgan fingerprint density at radius 1 is 1.44 bits per heavy atom. The van der Waals surface area contributed by atoms with Gasteiger partial charge in [-0.15, -0.1) is 0 Å². The molecule has 16 heavy (non-hydrogen) atoms. The van der Waals surface area contributed by atoms with Gasteiger partial charge in [-0.1, -0.05) is 33.1 Å². The van der Waals surface area contributed by atoms with Crippen LogP contribution in [0, 0.1) is 5.92 Å². The molecule has 3 nitrogen and oxygen atoms in total. The summed E-state index contributed by atoms with van der Waals surface area (Å²) in [7, 11) is 0. The summed E-state index contributed by atoms with van der Waals surface area (Å²) in [4.78, 5) is 2.48. The van der Waals surface area contributed by atoms with Crippen molar-refractivity contribution >= 4 is 0 Å². The summed E-state index contributed by atoms with van der Waals surface area (Å²) in [6.07, 6.45) is 5.32. The second kappa shape index (κ2) is 6.58. The fourth-order valence-electron chi connectivity index (χ4n) is 2.53. The molecule has 0 aliphatic carbocycles. The molecule has 3 N–H and O–H groups in total. The molecule has 1 saturated heterocycles. The Hall–Kier alpha value is -0.120. The third-order valence-corrected chi connectivity index (χ3v) is 3.51. The minimum absolute atomic E-state index is 0.0543. The molecule has 0 amide bonds. The van der Waals surface area contributed by atoms with Crippen molar-refractivity contribution in [3.8, 4) is 0 Å². The van der Waals surface area contributed by atoms with E-state index >= 15 is 0 Å². The Bertz CT molecular complexity index is 192. The molecular formula is C13H29N3. The predicted molar refractivity (Wildman–Crippen MR) is 70.3 cm³/mol. The minimum Gasteiger partial charge on any atom is -0.323 e. The number of nitrogens with zero attached hydrogens (tertiary/aromatic N) is 1. The van der Waals surface area contributed by atoms with Crippen molar-refractivity contribution in [2.45, 2.75) is 52.0 Å². The zero-order chi connectivity index (χ0) is 12.0. The van der Waals surface area contributed by atoms with Crippen molar-refractivity contribution < 1.29 is 0 Å². The monoisotopic (exact) mass is 227 g/mol. The molecule has 2 unspecified atom stereocenters. The van der Waals surface area contributed by atoms with E-state index < -0.39 is 0 Å². The second-order valence-corrected chi connectivity index (χ2v) is 5.67. The Labute approximate surface area is 101 Å². The molecule has 0 aromatic carbocycles. The molecule has 0 saturated carbocycles. The molecule has 3 heteroatoms. The molecule has 0 aromatic heterocycles. The highest BCUT2D eigenvalue weighted by atomic mass is 15.3. The predicted octanol–water partition coefficient (Wildman–Crippen LogP) is 1.78. The first-order valence-corrected chi connectivity index (χ1v) is 6.79. The number of hydrogen-bond acceptors (Lipinski definition) is 3. The highest BCUT2D eigenvalue weighted by molar-refractivity contribution is 4.89. The van der Waals surface area contributed by atoms with Gasteiger partial charge < -0.3 is 11.1 Å². The molecule has 96 valence electrons. The maximum Gasteiger partial charge on any atom is 0.0481 e. The van der Waals surface area contributed by atoms with Crippen LogP contribution in [0.25, 0.3) is 0 Å². The van der Waals surface area contributed by atoms with Gasteiger partial charge in [0.15, 0.2) is 0 Å². The normalized spacial score (nSPS) is 29.2. The van der Waals surface area contributed by atoms with Crippen LogP contribution >= 0.6 is 0 Å². The van der Waals surface area contributed by atoms with Crippen LogP contribution in [0.4, 0.5) is 0 Å². The van der Waals surface area contributed by atoms with Crippen molar-refractivity contribution in [3.05, 3.63) is 0 Å². The van der Waals surface area contributed by atoms with Gasteiger partial charge in [-0.05, 0) is 19.3 Å². The average molecular weight is 227 g/mol. The molecule has 1 fully saturated rings. The van der Waals surface area contributed by atoms with E-state index in [4.69, 9.17) is 5.73 Å². The summed E-state index contributed by atoms with van der Waals surface area (Å²) < 4.78 is 0. The molecule has 1 rings (SSSR count). The fourth-order valence-corrected chi connectivity index (χ4v) is 2.53. The van der Waals surface area contributed by atoms with Crippen molar-refractivity contribution in [2.75, 3.05) is 26.3 Å². The summed E-state index contributed by atoms with van der Waals surface area (Å²) in [6, 6.07) is 0. The zero-order valence-corrected chi connectivity index (χ0v) is 11.3. The lowest BCUT2D eigenvalue weighted by atomic mass is 9.96. The molecule has 0 aromatic rings. The lowest BCUT2D eigenvalue weighted by Gasteiger charge is -2.39. The quantitative estimate of drug-likeness (QED) is 0.727. The maximum absolute atomic E-state index is 6.18. The molecule has 2 atom stereocenters.